The van der Waals surface area contributed by atoms with E-state index in [4.69, 9.17) is 60.3 Å². The van der Waals surface area contributed by atoms with E-state index in [2.05, 4.69) is 0 Å². The van der Waals surface area contributed by atoms with Crippen molar-refractivity contribution in [2.45, 2.75) is 0 Å². The molecule has 0 unspecified atom stereocenters. The Morgan fingerprint density at radius 3 is 0.294 bits per heavy atom. The van der Waals surface area contributed by atoms with Crippen LogP contribution in [0.25, 0.3) is 0 Å². The van der Waals surface area contributed by atoms with Crippen molar-refractivity contribution in [3.05, 3.63) is 0 Å². The summed E-state index contributed by atoms with van der Waals surface area (Å²) in [6.45, 7) is 0. The van der Waals surface area contributed by atoms with Gasteiger partial charge < -0.3 is 60.3 Å². The van der Waals surface area contributed by atoms with Gasteiger partial charge in [-0.2, -0.15) is 0 Å². The summed E-state index contributed by atoms with van der Waals surface area (Å²) < 4.78 is 0. The Morgan fingerprint density at radius 2 is 0.294 bits per heavy atom. The molecule has 0 aliphatic heterocycles. The maximum Gasteiger partial charge on any atom is 0.631 e. The second-order valence-corrected chi connectivity index (χ2v) is 1.39. The Balaban J connectivity index is -0.0000000369. The zero-order chi connectivity index (χ0) is 14.3. The van der Waals surface area contributed by atoms with Crippen LogP contribution in [0.15, 0.2) is 0 Å². The second kappa shape index (κ2) is 25.4. The smallest absolute Gasteiger partial charge is 0.402 e. The Labute approximate surface area is 112 Å². The van der Waals surface area contributed by atoms with E-state index in [0.29, 0.717) is 0 Å². The minimum Gasteiger partial charge on any atom is -0.402 e. The zero-order valence-electron chi connectivity index (χ0n) is 7.98. The molecule has 12 N–H and O–H groups in total. The van der Waals surface area contributed by atoms with Gasteiger partial charge in [0.05, 0.1) is 0 Å². The average Bonchev–Trinajstić information content (AvgIpc) is 1.76. The predicted molar refractivity (Wildman–Crippen MR) is 49.6 cm³/mol. The van der Waals surface area contributed by atoms with E-state index in [1.807, 2.05) is 0 Å². The normalized spacial score (nSPS) is 6.35. The van der Waals surface area contributed by atoms with E-state index in [9.17, 15) is 0 Å². The Kier molecular flexibility index (Phi) is 45.5. The van der Waals surface area contributed by atoms with Gasteiger partial charge in [-0.3, -0.25) is 0 Å². The summed E-state index contributed by atoms with van der Waals surface area (Å²) in [6.07, 6.45) is 0. The van der Waals surface area contributed by atoms with Gasteiger partial charge in [-0.1, -0.05) is 0 Å². The molecule has 0 saturated carbocycles. The maximum absolute atomic E-state index is 7.17. The molecule has 17 heavy (non-hydrogen) atoms. The van der Waals surface area contributed by atoms with Crippen LogP contribution in [0.3, 0.4) is 0 Å². The third-order valence-electron chi connectivity index (χ3n) is 0. The quantitative estimate of drug-likeness (QED) is 0.156. The predicted octanol–water partition coefficient (Wildman–Crippen LogP) is -8.21. The Bertz CT molecular complexity index is 61.5. The molecule has 17 heteroatoms. The van der Waals surface area contributed by atoms with E-state index in [0.717, 1.165) is 0 Å². The molecular formula is H12AuB4O12. The summed E-state index contributed by atoms with van der Waals surface area (Å²) in [6, 6.07) is 0. The third kappa shape index (κ3) is 12900. The maximum atomic E-state index is 7.17. The Morgan fingerprint density at radius 1 is 0.294 bits per heavy atom. The standard InChI is InChI=1S/Au.4BH3O3/c;4*2-1(3)4/h;4*2-4H. The molecule has 0 spiro atoms. The van der Waals surface area contributed by atoms with E-state index in [1.165, 1.54) is 0 Å². The van der Waals surface area contributed by atoms with E-state index >= 15 is 0 Å². The van der Waals surface area contributed by atoms with Crippen LogP contribution in [-0.2, 0) is 22.4 Å². The minimum atomic E-state index is -2.17. The summed E-state index contributed by atoms with van der Waals surface area (Å²) in [5.74, 6) is 0. The van der Waals surface area contributed by atoms with Crippen molar-refractivity contribution in [3.8, 4) is 0 Å². The zero-order valence-corrected chi connectivity index (χ0v) is 10.1. The van der Waals surface area contributed by atoms with Gasteiger partial charge in [-0.15, -0.1) is 0 Å². The van der Waals surface area contributed by atoms with Crippen molar-refractivity contribution >= 4 is 29.3 Å². The summed E-state index contributed by atoms with van der Waals surface area (Å²) in [7, 11) is -8.67. The molecule has 0 saturated heterocycles. The van der Waals surface area contributed by atoms with Crippen LogP contribution in [0.5, 0.6) is 0 Å². The van der Waals surface area contributed by atoms with Crippen LogP contribution in [-0.4, -0.2) is 89.6 Å². The molecule has 0 aromatic heterocycles. The summed E-state index contributed by atoms with van der Waals surface area (Å²) in [4.78, 5) is 0. The van der Waals surface area contributed by atoms with Gasteiger partial charge in [0, 0.05) is 22.4 Å². The molecule has 1 radical (unpaired) electrons. The first-order chi connectivity index (χ1) is 6.93. The minimum absolute atomic E-state index is 0. The first-order valence-corrected chi connectivity index (χ1v) is 3.10. The molecule has 12 nitrogen and oxygen atoms in total. The van der Waals surface area contributed by atoms with Crippen molar-refractivity contribution in [1.82, 2.24) is 0 Å². The van der Waals surface area contributed by atoms with Gasteiger partial charge in [-0.05, 0) is 0 Å². The van der Waals surface area contributed by atoms with Crippen LogP contribution >= 0.6 is 0 Å². The van der Waals surface area contributed by atoms with Gasteiger partial charge in [0.15, 0.2) is 0 Å². The summed E-state index contributed by atoms with van der Waals surface area (Å²) in [5, 5.41) is 86.0. The van der Waals surface area contributed by atoms with Crippen LogP contribution in [0, 0.1) is 0 Å². The first-order valence-electron chi connectivity index (χ1n) is 3.10. The SMILES string of the molecule is OB(O)O.OB(O)O.OB(O)O.OB(O)O.[Au]. The largest absolute Gasteiger partial charge is 0.631 e. The molecule has 0 fully saturated rings. The van der Waals surface area contributed by atoms with Crippen molar-refractivity contribution in [3.63, 3.8) is 0 Å². The van der Waals surface area contributed by atoms with Gasteiger partial charge in [0.2, 0.25) is 0 Å². The van der Waals surface area contributed by atoms with Crippen molar-refractivity contribution < 1.29 is 82.7 Å². The van der Waals surface area contributed by atoms with Crippen LogP contribution in [0.1, 0.15) is 0 Å². The number of hydrogen-bond acceptors (Lipinski definition) is 12. The molecule has 0 aliphatic carbocycles. The van der Waals surface area contributed by atoms with Crippen molar-refractivity contribution in [2.75, 3.05) is 0 Å². The molecule has 107 valence electrons. The molecule has 0 aromatic carbocycles. The first kappa shape index (κ1) is 30.5. The summed E-state index contributed by atoms with van der Waals surface area (Å²) in [5.41, 5.74) is 0. The van der Waals surface area contributed by atoms with Gasteiger partial charge in [-0.25, -0.2) is 0 Å². The van der Waals surface area contributed by atoms with Crippen LogP contribution in [0.4, 0.5) is 0 Å². The average molecular weight is 444 g/mol. The van der Waals surface area contributed by atoms with Crippen LogP contribution in [0.2, 0.25) is 0 Å². The molecule has 0 bridgehead atoms. The van der Waals surface area contributed by atoms with E-state index in [1.54, 1.807) is 0 Å². The molecule has 0 atom stereocenters. The number of hydrogen-bond donors (Lipinski definition) is 12. The number of rotatable bonds is 0. The monoisotopic (exact) mass is 445 g/mol. The molecule has 0 amide bonds. The molecule has 0 aromatic rings. The molecule has 0 heterocycles. The second-order valence-electron chi connectivity index (χ2n) is 1.39. The topological polar surface area (TPSA) is 243 Å². The summed E-state index contributed by atoms with van der Waals surface area (Å²) >= 11 is 0. The van der Waals surface area contributed by atoms with Crippen LogP contribution < -0.4 is 0 Å². The van der Waals surface area contributed by atoms with E-state index in [-0.39, 0.29) is 22.4 Å². The van der Waals surface area contributed by atoms with Gasteiger partial charge >= 0.3 is 29.3 Å². The van der Waals surface area contributed by atoms with Gasteiger partial charge in [0.25, 0.3) is 0 Å². The molecule has 0 aliphatic rings. The fourth-order valence-corrected chi connectivity index (χ4v) is 0. The molecule has 0 rings (SSSR count). The fourth-order valence-electron chi connectivity index (χ4n) is 0. The Hall–Kier alpha value is 0.520. The van der Waals surface area contributed by atoms with Crippen molar-refractivity contribution in [1.29, 1.82) is 0 Å². The fraction of sp³-hybridized carbons (Fsp3) is 0. The molecular weight excluding hydrogens is 432 g/mol. The third-order valence-corrected chi connectivity index (χ3v) is 0. The van der Waals surface area contributed by atoms with E-state index < -0.39 is 29.3 Å². The van der Waals surface area contributed by atoms with Crippen molar-refractivity contribution in [2.24, 2.45) is 0 Å². The van der Waals surface area contributed by atoms with Gasteiger partial charge in [0.1, 0.15) is 0 Å².